The number of hydrogen-bond acceptors (Lipinski definition) is 8. The molecule has 0 saturated carbocycles. The Bertz CT molecular complexity index is 1530. The maximum Gasteiger partial charge on any atom is 0.249 e. The summed E-state index contributed by atoms with van der Waals surface area (Å²) in [5.41, 5.74) is 2.60. The molecule has 10 nitrogen and oxygen atoms in total. The van der Waals surface area contributed by atoms with E-state index >= 15 is 0 Å². The number of para-hydroxylation sites is 1. The highest BCUT2D eigenvalue weighted by molar-refractivity contribution is 5.90. The number of oxazole rings is 1. The molecule has 4 aliphatic heterocycles. The van der Waals surface area contributed by atoms with Crippen molar-refractivity contribution in [2.45, 2.75) is 62.9 Å². The number of hydrogen-bond donors (Lipinski definition) is 3. The van der Waals surface area contributed by atoms with Crippen molar-refractivity contribution in [2.75, 3.05) is 11.9 Å². The van der Waals surface area contributed by atoms with Gasteiger partial charge in [-0.05, 0) is 42.0 Å². The normalized spacial score (nSPS) is 27.9. The van der Waals surface area contributed by atoms with Crippen LogP contribution in [-0.4, -0.2) is 48.1 Å². The van der Waals surface area contributed by atoms with E-state index in [1.54, 1.807) is 0 Å². The summed E-state index contributed by atoms with van der Waals surface area (Å²) in [7, 11) is 0. The second-order valence-electron chi connectivity index (χ2n) is 11.2. The maximum atomic E-state index is 13.7. The summed E-state index contributed by atoms with van der Waals surface area (Å²) in [6.45, 7) is 4.40. The lowest BCUT2D eigenvalue weighted by Crippen LogP contribution is -2.51. The molecule has 4 aliphatic rings. The van der Waals surface area contributed by atoms with Crippen molar-refractivity contribution in [1.29, 1.82) is 0 Å². The van der Waals surface area contributed by atoms with Gasteiger partial charge in [0.2, 0.25) is 17.7 Å². The standard InChI is InChI=1S/C30H30N4O6/c1-15(2)24-28-32-21(14-35)25(40-28)30-17-6-3-4-7-19(17)33-29(30)39-22-10-9-16(12-18(22)30)13-20(26(36)34-24)31-27(37)23-8-5-11-38-23/h3-4,6-7,9-10,12,14-15,20,23-24,29,33H,5,8,11,13H2,1-2H3,(H,31,37)(H,34,36)/t20-,23+,24-,29?,30?/m0/s1. The van der Waals surface area contributed by atoms with Gasteiger partial charge in [0.15, 0.2) is 18.3 Å². The number of fused-ring (bicyclic) bond motifs is 4. The van der Waals surface area contributed by atoms with E-state index in [9.17, 15) is 14.4 Å². The zero-order valence-electron chi connectivity index (χ0n) is 22.2. The lowest BCUT2D eigenvalue weighted by atomic mass is 9.72. The van der Waals surface area contributed by atoms with E-state index in [0.29, 0.717) is 30.8 Å². The molecule has 1 fully saturated rings. The van der Waals surface area contributed by atoms with Gasteiger partial charge in [-0.15, -0.1) is 0 Å². The van der Waals surface area contributed by atoms with Crippen LogP contribution in [0.25, 0.3) is 0 Å². The van der Waals surface area contributed by atoms with Crippen LogP contribution in [0.2, 0.25) is 0 Å². The van der Waals surface area contributed by atoms with Crippen molar-refractivity contribution in [2.24, 2.45) is 5.92 Å². The molecule has 5 heterocycles. The van der Waals surface area contributed by atoms with Gasteiger partial charge in [0.25, 0.3) is 0 Å². The first-order valence-corrected chi connectivity index (χ1v) is 13.7. The number of carbonyl (C=O) groups is 3. The zero-order valence-corrected chi connectivity index (χ0v) is 22.2. The first kappa shape index (κ1) is 24.8. The van der Waals surface area contributed by atoms with Crippen molar-refractivity contribution in [1.82, 2.24) is 15.6 Å². The fourth-order valence-electron chi connectivity index (χ4n) is 6.46. The predicted molar refractivity (Wildman–Crippen MR) is 143 cm³/mol. The molecular formula is C30H30N4O6. The van der Waals surface area contributed by atoms with E-state index in [1.165, 1.54) is 0 Å². The van der Waals surface area contributed by atoms with Crippen LogP contribution in [-0.2, 0) is 26.2 Å². The van der Waals surface area contributed by atoms with Crippen LogP contribution in [0.3, 0.4) is 0 Å². The Labute approximate surface area is 230 Å². The van der Waals surface area contributed by atoms with Crippen LogP contribution >= 0.6 is 0 Å². The molecule has 0 aliphatic carbocycles. The van der Waals surface area contributed by atoms with Gasteiger partial charge in [-0.25, -0.2) is 4.98 Å². The lowest BCUT2D eigenvalue weighted by molar-refractivity contribution is -0.135. The number of aldehydes is 1. The minimum absolute atomic E-state index is 0.122. The van der Waals surface area contributed by atoms with Crippen molar-refractivity contribution in [3.05, 3.63) is 76.5 Å². The quantitative estimate of drug-likeness (QED) is 0.429. The number of carbonyl (C=O) groups excluding carboxylic acids is 3. The van der Waals surface area contributed by atoms with E-state index in [0.717, 1.165) is 28.8 Å². The van der Waals surface area contributed by atoms with Crippen molar-refractivity contribution in [3.8, 4) is 5.75 Å². The van der Waals surface area contributed by atoms with Crippen LogP contribution < -0.4 is 20.7 Å². The number of anilines is 1. The molecule has 1 spiro atoms. The van der Waals surface area contributed by atoms with Gasteiger partial charge in [0.05, 0.1) is 0 Å². The highest BCUT2D eigenvalue weighted by atomic mass is 16.5. The highest BCUT2D eigenvalue weighted by Crippen LogP contribution is 2.58. The molecule has 4 bridgehead atoms. The van der Waals surface area contributed by atoms with Gasteiger partial charge < -0.3 is 29.8 Å². The Hall–Kier alpha value is -4.18. The van der Waals surface area contributed by atoms with Crippen LogP contribution in [0.1, 0.15) is 71.6 Å². The molecule has 2 aromatic carbocycles. The van der Waals surface area contributed by atoms with Crippen molar-refractivity contribution < 1.29 is 28.3 Å². The summed E-state index contributed by atoms with van der Waals surface area (Å²) >= 11 is 0. The second-order valence-corrected chi connectivity index (χ2v) is 11.2. The average molecular weight is 543 g/mol. The Balaban J connectivity index is 1.42. The fourth-order valence-corrected chi connectivity index (χ4v) is 6.46. The first-order valence-electron chi connectivity index (χ1n) is 13.7. The molecule has 10 heteroatoms. The highest BCUT2D eigenvalue weighted by Gasteiger charge is 2.60. The molecule has 3 N–H and O–H groups in total. The van der Waals surface area contributed by atoms with E-state index in [-0.39, 0.29) is 35.7 Å². The smallest absolute Gasteiger partial charge is 0.249 e. The number of aromatic nitrogens is 1. The molecule has 40 heavy (non-hydrogen) atoms. The van der Waals surface area contributed by atoms with E-state index < -0.39 is 29.8 Å². The third kappa shape index (κ3) is 3.58. The van der Waals surface area contributed by atoms with Gasteiger partial charge in [-0.2, -0.15) is 0 Å². The predicted octanol–water partition coefficient (Wildman–Crippen LogP) is 3.00. The van der Waals surface area contributed by atoms with Gasteiger partial charge >= 0.3 is 0 Å². The molecule has 206 valence electrons. The first-order chi connectivity index (χ1) is 19.4. The van der Waals surface area contributed by atoms with E-state index in [1.807, 2.05) is 56.3 Å². The third-order valence-electron chi connectivity index (χ3n) is 8.41. The largest absolute Gasteiger partial charge is 0.469 e. The number of ether oxygens (including phenoxy) is 2. The maximum absolute atomic E-state index is 13.7. The summed E-state index contributed by atoms with van der Waals surface area (Å²) in [5.74, 6) is 0.458. The van der Waals surface area contributed by atoms with Gasteiger partial charge in [0.1, 0.15) is 35.0 Å². The minimum Gasteiger partial charge on any atom is -0.469 e. The van der Waals surface area contributed by atoms with Gasteiger partial charge in [-0.1, -0.05) is 44.2 Å². The molecule has 1 aromatic heterocycles. The van der Waals surface area contributed by atoms with E-state index in [4.69, 9.17) is 13.9 Å². The number of rotatable bonds is 4. The Morgan fingerprint density at radius 1 is 1.18 bits per heavy atom. The third-order valence-corrected chi connectivity index (χ3v) is 8.41. The van der Waals surface area contributed by atoms with Crippen LogP contribution in [0.5, 0.6) is 5.75 Å². The monoisotopic (exact) mass is 542 g/mol. The molecule has 2 amide bonds. The summed E-state index contributed by atoms with van der Waals surface area (Å²) in [6, 6.07) is 12.1. The zero-order chi connectivity index (χ0) is 27.6. The number of nitrogens with zero attached hydrogens (tertiary/aromatic N) is 1. The van der Waals surface area contributed by atoms with Crippen LogP contribution in [0, 0.1) is 5.92 Å². The summed E-state index contributed by atoms with van der Waals surface area (Å²) in [6.07, 6.45) is 1.23. The van der Waals surface area contributed by atoms with Crippen LogP contribution in [0.15, 0.2) is 46.9 Å². The molecule has 3 aromatic rings. The molecule has 7 rings (SSSR count). The minimum atomic E-state index is -0.982. The van der Waals surface area contributed by atoms with Gasteiger partial charge in [-0.3, -0.25) is 14.4 Å². The molecule has 1 saturated heterocycles. The van der Waals surface area contributed by atoms with Gasteiger partial charge in [0, 0.05) is 24.3 Å². The van der Waals surface area contributed by atoms with E-state index in [2.05, 4.69) is 20.9 Å². The molecule has 5 atom stereocenters. The molecular weight excluding hydrogens is 512 g/mol. The Morgan fingerprint density at radius 2 is 2.02 bits per heavy atom. The number of benzene rings is 2. The number of nitrogens with one attached hydrogen (secondary N) is 3. The summed E-state index contributed by atoms with van der Waals surface area (Å²) in [4.78, 5) is 43.8. The van der Waals surface area contributed by atoms with Crippen molar-refractivity contribution in [3.63, 3.8) is 0 Å². The Kier molecular flexibility index (Phi) is 5.71. The van der Waals surface area contributed by atoms with Crippen molar-refractivity contribution >= 4 is 23.8 Å². The Morgan fingerprint density at radius 3 is 2.80 bits per heavy atom. The second kappa shape index (κ2) is 9.19. The van der Waals surface area contributed by atoms with Crippen LogP contribution in [0.4, 0.5) is 5.69 Å². The molecule has 2 unspecified atom stereocenters. The topological polar surface area (TPSA) is 132 Å². The fraction of sp³-hybridized carbons (Fsp3) is 0.400. The summed E-state index contributed by atoms with van der Waals surface area (Å²) < 4.78 is 18.5. The number of amides is 2. The summed E-state index contributed by atoms with van der Waals surface area (Å²) in [5, 5.41) is 9.44. The molecule has 0 radical (unpaired) electrons. The lowest BCUT2D eigenvalue weighted by Gasteiger charge is -2.28. The average Bonchev–Trinajstić information content (AvgIpc) is 3.72. The SMILES string of the molecule is CC(C)[C@@H]1NC(=O)[C@@H](NC(=O)[C@H]2CCCO2)Cc2ccc3c(c2)C2(c4ccccc4NC2O3)c2oc1nc2C=O.